The molecule has 2 aromatic heterocycles. The molecule has 0 saturated carbocycles. The maximum absolute atomic E-state index is 15.1. The zero-order chi connectivity index (χ0) is 22.3. The second kappa shape index (κ2) is 7.60. The van der Waals surface area contributed by atoms with Crippen molar-refractivity contribution in [3.63, 3.8) is 0 Å². The van der Waals surface area contributed by atoms with Crippen molar-refractivity contribution in [3.05, 3.63) is 60.2 Å². The Balaban J connectivity index is 1.66. The molecule has 0 saturated heterocycles. The lowest BCUT2D eigenvalue weighted by Gasteiger charge is -2.20. The van der Waals surface area contributed by atoms with Crippen LogP contribution in [0.2, 0.25) is 0 Å². The van der Waals surface area contributed by atoms with E-state index in [4.69, 9.17) is 5.14 Å². The third kappa shape index (κ3) is 3.92. The van der Waals surface area contributed by atoms with Gasteiger partial charge in [-0.05, 0) is 42.8 Å². The minimum absolute atomic E-state index is 0.0114. The van der Waals surface area contributed by atoms with Gasteiger partial charge in [0.2, 0.25) is 16.0 Å². The van der Waals surface area contributed by atoms with Gasteiger partial charge in [-0.1, -0.05) is 6.07 Å². The molecule has 0 aliphatic carbocycles. The first-order valence-electron chi connectivity index (χ1n) is 9.22. The number of hydrogen-bond donors (Lipinski definition) is 2. The number of hydrogen-bond acceptors (Lipinski definition) is 7. The lowest BCUT2D eigenvalue weighted by Crippen LogP contribution is -2.15. The highest BCUT2D eigenvalue weighted by atomic mass is 32.2. The van der Waals surface area contributed by atoms with E-state index in [1.54, 1.807) is 62.4 Å². The number of primary sulfonamides is 1. The fourth-order valence-electron chi connectivity index (χ4n) is 3.30. The van der Waals surface area contributed by atoms with E-state index in [-0.39, 0.29) is 10.8 Å². The van der Waals surface area contributed by atoms with Crippen molar-refractivity contribution in [2.24, 2.45) is 12.2 Å². The number of anilines is 4. The molecule has 0 unspecified atom stereocenters. The Hall–Kier alpha value is -3.57. The first-order valence-corrected chi connectivity index (χ1v) is 10.8. The van der Waals surface area contributed by atoms with Crippen LogP contribution in [0.3, 0.4) is 0 Å². The molecule has 2 aromatic carbocycles. The summed E-state index contributed by atoms with van der Waals surface area (Å²) in [5.74, 6) is 0.247. The molecular weight excluding hydrogens is 421 g/mol. The Labute approximate surface area is 178 Å². The second-order valence-electron chi connectivity index (χ2n) is 7.05. The highest BCUT2D eigenvalue weighted by Crippen LogP contribution is 2.30. The predicted octanol–water partition coefficient (Wildman–Crippen LogP) is 2.97. The highest BCUT2D eigenvalue weighted by molar-refractivity contribution is 7.89. The van der Waals surface area contributed by atoms with E-state index < -0.39 is 15.8 Å². The first-order chi connectivity index (χ1) is 14.6. The second-order valence-corrected chi connectivity index (χ2v) is 8.58. The van der Waals surface area contributed by atoms with Crippen molar-refractivity contribution in [1.82, 2.24) is 19.7 Å². The molecule has 160 valence electrons. The molecule has 0 aliphatic heterocycles. The van der Waals surface area contributed by atoms with E-state index in [9.17, 15) is 8.42 Å². The number of nitrogens with two attached hydrogens (primary N) is 1. The van der Waals surface area contributed by atoms with Crippen molar-refractivity contribution in [3.8, 4) is 0 Å². The number of aromatic nitrogens is 4. The van der Waals surface area contributed by atoms with Crippen LogP contribution < -0.4 is 15.4 Å². The lowest BCUT2D eigenvalue weighted by atomic mass is 10.2. The van der Waals surface area contributed by atoms with Gasteiger partial charge in [0.15, 0.2) is 5.82 Å². The van der Waals surface area contributed by atoms with Gasteiger partial charge < -0.3 is 10.2 Å². The summed E-state index contributed by atoms with van der Waals surface area (Å²) in [6, 6.07) is 9.84. The van der Waals surface area contributed by atoms with Crippen LogP contribution in [-0.4, -0.2) is 35.2 Å². The number of nitrogens with one attached hydrogen (secondary N) is 1. The van der Waals surface area contributed by atoms with E-state index in [1.165, 1.54) is 16.9 Å². The summed E-state index contributed by atoms with van der Waals surface area (Å²) in [6.07, 6.45) is 3.13. The fraction of sp³-hybridized carbons (Fsp3) is 0.150. The number of aryl methyl sites for hydroxylation is 2. The molecule has 0 aliphatic rings. The van der Waals surface area contributed by atoms with Crippen LogP contribution in [0.1, 0.15) is 5.56 Å². The average Bonchev–Trinajstić information content (AvgIpc) is 3.10. The number of fused-ring (bicyclic) bond motifs is 1. The van der Waals surface area contributed by atoms with Gasteiger partial charge >= 0.3 is 0 Å². The zero-order valence-corrected chi connectivity index (χ0v) is 17.9. The molecule has 3 N–H and O–H groups in total. The summed E-state index contributed by atoms with van der Waals surface area (Å²) in [4.78, 5) is 10.2. The summed E-state index contributed by atoms with van der Waals surface area (Å²) < 4.78 is 40.1. The minimum Gasteiger partial charge on any atom is -0.327 e. The van der Waals surface area contributed by atoms with E-state index in [0.29, 0.717) is 33.7 Å². The molecule has 31 heavy (non-hydrogen) atoms. The van der Waals surface area contributed by atoms with Crippen molar-refractivity contribution in [2.45, 2.75) is 11.8 Å². The molecule has 0 bridgehead atoms. The summed E-state index contributed by atoms with van der Waals surface area (Å²) in [5.41, 5.74) is 1.71. The van der Waals surface area contributed by atoms with Gasteiger partial charge in [0.25, 0.3) is 0 Å². The SMILES string of the molecule is Cc1ccc(Nc2nccc(N(C)c3ccc4cnn(C)c4c3F)n2)cc1S(N)(=O)=O. The predicted molar refractivity (Wildman–Crippen MR) is 117 cm³/mol. The van der Waals surface area contributed by atoms with Crippen molar-refractivity contribution >= 4 is 44.1 Å². The first kappa shape index (κ1) is 20.7. The third-order valence-electron chi connectivity index (χ3n) is 4.92. The lowest BCUT2D eigenvalue weighted by molar-refractivity contribution is 0.597. The quantitative estimate of drug-likeness (QED) is 0.489. The van der Waals surface area contributed by atoms with E-state index in [1.807, 2.05) is 0 Å². The van der Waals surface area contributed by atoms with Crippen LogP contribution in [0.5, 0.6) is 0 Å². The fourth-order valence-corrected chi connectivity index (χ4v) is 4.11. The number of sulfonamides is 1. The standard InChI is InChI=1S/C20H20FN7O2S/c1-12-4-6-14(10-16(12)31(22,29)30)25-20-23-9-8-17(26-20)27(2)15-7-5-13-11-24-28(3)19(13)18(15)21/h4-11H,1-3H3,(H2,22,29,30)(H,23,25,26). The molecule has 11 heteroatoms. The molecule has 9 nitrogen and oxygen atoms in total. The van der Waals surface area contributed by atoms with E-state index in [0.717, 1.165) is 0 Å². The van der Waals surface area contributed by atoms with Crippen molar-refractivity contribution in [1.29, 1.82) is 0 Å². The molecule has 0 atom stereocenters. The summed E-state index contributed by atoms with van der Waals surface area (Å²) in [7, 11) is -0.493. The molecule has 0 radical (unpaired) electrons. The summed E-state index contributed by atoms with van der Waals surface area (Å²) >= 11 is 0. The van der Waals surface area contributed by atoms with E-state index >= 15 is 4.39 Å². The van der Waals surface area contributed by atoms with Gasteiger partial charge in [0.1, 0.15) is 11.3 Å². The van der Waals surface area contributed by atoms with Crippen LogP contribution in [0.15, 0.2) is 53.7 Å². The van der Waals surface area contributed by atoms with Crippen molar-refractivity contribution in [2.75, 3.05) is 17.3 Å². The minimum atomic E-state index is -3.87. The molecular formula is C20H20FN7O2S. The van der Waals surface area contributed by atoms with Gasteiger partial charge in [0.05, 0.1) is 16.8 Å². The molecule has 4 rings (SSSR count). The van der Waals surface area contributed by atoms with Gasteiger partial charge in [-0.2, -0.15) is 10.1 Å². The van der Waals surface area contributed by atoms with Gasteiger partial charge in [-0.3, -0.25) is 4.68 Å². The Morgan fingerprint density at radius 3 is 2.71 bits per heavy atom. The van der Waals surface area contributed by atoms with Gasteiger partial charge in [-0.15, -0.1) is 0 Å². The Kier molecular flexibility index (Phi) is 5.07. The summed E-state index contributed by atoms with van der Waals surface area (Å²) in [6.45, 7) is 1.66. The zero-order valence-electron chi connectivity index (χ0n) is 17.0. The molecule has 4 aromatic rings. The Bertz CT molecular complexity index is 1400. The van der Waals surface area contributed by atoms with Crippen LogP contribution in [-0.2, 0) is 17.1 Å². The van der Waals surface area contributed by atoms with Crippen LogP contribution in [0.25, 0.3) is 10.9 Å². The summed E-state index contributed by atoms with van der Waals surface area (Å²) in [5, 5.41) is 13.0. The van der Waals surface area contributed by atoms with Gasteiger partial charge in [0, 0.05) is 31.4 Å². The van der Waals surface area contributed by atoms with Crippen molar-refractivity contribution < 1.29 is 12.8 Å². The van der Waals surface area contributed by atoms with Crippen LogP contribution >= 0.6 is 0 Å². The Morgan fingerprint density at radius 1 is 1.19 bits per heavy atom. The van der Waals surface area contributed by atoms with E-state index in [2.05, 4.69) is 20.4 Å². The number of benzene rings is 2. The van der Waals surface area contributed by atoms with Crippen LogP contribution in [0.4, 0.5) is 27.5 Å². The van der Waals surface area contributed by atoms with Gasteiger partial charge in [-0.25, -0.2) is 22.9 Å². The smallest absolute Gasteiger partial charge is 0.238 e. The third-order valence-corrected chi connectivity index (χ3v) is 5.97. The van der Waals surface area contributed by atoms with Crippen LogP contribution in [0, 0.1) is 12.7 Å². The number of rotatable bonds is 5. The maximum atomic E-state index is 15.1. The molecule has 0 fully saturated rings. The number of nitrogens with zero attached hydrogens (tertiary/aromatic N) is 5. The Morgan fingerprint density at radius 2 is 1.97 bits per heavy atom. The maximum Gasteiger partial charge on any atom is 0.238 e. The highest BCUT2D eigenvalue weighted by Gasteiger charge is 2.17. The monoisotopic (exact) mass is 441 g/mol. The average molecular weight is 441 g/mol. The molecule has 2 heterocycles. The largest absolute Gasteiger partial charge is 0.327 e. The topological polar surface area (TPSA) is 119 Å². The number of halogens is 1. The molecule has 0 amide bonds. The normalized spacial score (nSPS) is 11.6. The molecule has 0 spiro atoms.